The Morgan fingerprint density at radius 2 is 1.74 bits per heavy atom. The van der Waals surface area contributed by atoms with E-state index in [0.29, 0.717) is 42.8 Å². The van der Waals surface area contributed by atoms with E-state index in [1.165, 1.54) is 13.3 Å². The monoisotopic (exact) mass is 577 g/mol. The fourth-order valence-corrected chi connectivity index (χ4v) is 4.07. The van der Waals surface area contributed by atoms with Crippen LogP contribution < -0.4 is 20.2 Å². The van der Waals surface area contributed by atoms with Crippen molar-refractivity contribution in [1.29, 1.82) is 0 Å². The largest absolute Gasteiger partial charge is 0.493 e. The summed E-state index contributed by atoms with van der Waals surface area (Å²) in [7, 11) is 1.50. The lowest BCUT2D eigenvalue weighted by Gasteiger charge is -2.14. The molecule has 0 saturated carbocycles. The zero-order valence-corrected chi connectivity index (χ0v) is 22.2. The lowest BCUT2D eigenvalue weighted by Crippen LogP contribution is -2.32. The third kappa shape index (κ3) is 6.97. The molecule has 0 aromatic heterocycles. The van der Waals surface area contributed by atoms with E-state index in [4.69, 9.17) is 32.7 Å². The first kappa shape index (κ1) is 26.5. The Morgan fingerprint density at radius 3 is 2.40 bits per heavy atom. The molecule has 0 heterocycles. The molecular weight excluding hydrogens is 557 g/mol. The fraction of sp³-hybridized carbons (Fsp3) is 0.160. The van der Waals surface area contributed by atoms with Crippen LogP contribution in [-0.2, 0) is 16.2 Å². The van der Waals surface area contributed by atoms with E-state index in [9.17, 15) is 9.59 Å². The third-order valence-corrected chi connectivity index (χ3v) is 6.32. The number of aryl methyl sites for hydroxylation is 2. The minimum atomic E-state index is -0.901. The molecule has 0 fully saturated rings. The molecule has 0 unspecified atom stereocenters. The van der Waals surface area contributed by atoms with Gasteiger partial charge in [-0.3, -0.25) is 9.59 Å². The first-order chi connectivity index (χ1) is 16.7. The number of nitrogens with one attached hydrogen (secondary N) is 2. The topological polar surface area (TPSA) is 89.0 Å². The molecule has 0 aliphatic carbocycles. The van der Waals surface area contributed by atoms with E-state index in [-0.39, 0.29) is 6.61 Å². The van der Waals surface area contributed by atoms with Gasteiger partial charge < -0.3 is 14.8 Å². The summed E-state index contributed by atoms with van der Waals surface area (Å²) in [4.78, 5) is 24.2. The van der Waals surface area contributed by atoms with Crippen molar-refractivity contribution in [2.45, 2.75) is 20.5 Å². The molecule has 7 nitrogen and oxygen atoms in total. The van der Waals surface area contributed by atoms with Crippen molar-refractivity contribution in [3.63, 3.8) is 0 Å². The highest BCUT2D eigenvalue weighted by molar-refractivity contribution is 9.10. The van der Waals surface area contributed by atoms with Crippen molar-refractivity contribution in [2.24, 2.45) is 5.10 Å². The molecule has 0 aliphatic rings. The van der Waals surface area contributed by atoms with E-state index >= 15 is 0 Å². The average molecular weight is 579 g/mol. The number of benzene rings is 3. The van der Waals surface area contributed by atoms with Gasteiger partial charge in [-0.2, -0.15) is 5.10 Å². The van der Waals surface area contributed by atoms with E-state index in [0.717, 1.165) is 11.1 Å². The molecule has 2 amide bonds. The normalized spacial score (nSPS) is 10.8. The molecule has 0 spiro atoms. The van der Waals surface area contributed by atoms with Crippen LogP contribution in [0.1, 0.15) is 22.3 Å². The molecule has 0 atom stereocenters. The number of ether oxygens (including phenoxy) is 2. The van der Waals surface area contributed by atoms with Gasteiger partial charge in [-0.05, 0) is 82.9 Å². The minimum absolute atomic E-state index is 0.132. The van der Waals surface area contributed by atoms with Gasteiger partial charge in [-0.25, -0.2) is 5.43 Å². The second-order valence-electron chi connectivity index (χ2n) is 7.48. The maximum Gasteiger partial charge on any atom is 0.329 e. The number of carbonyl (C=O) groups excluding carboxylic acids is 2. The van der Waals surface area contributed by atoms with Gasteiger partial charge >= 0.3 is 11.8 Å². The van der Waals surface area contributed by atoms with Gasteiger partial charge in [0.05, 0.1) is 17.8 Å². The van der Waals surface area contributed by atoms with Crippen LogP contribution in [0.15, 0.2) is 58.1 Å². The number of hydrazone groups is 1. The lowest BCUT2D eigenvalue weighted by molar-refractivity contribution is -0.136. The SMILES string of the molecule is COc1cc(/C=N/NC(=O)C(=O)Nc2ccc(C)c(C)c2)cc(Br)c1OCc1c(Cl)cccc1Cl. The molecule has 0 aliphatic heterocycles. The van der Waals surface area contributed by atoms with Gasteiger partial charge in [0, 0.05) is 21.3 Å². The van der Waals surface area contributed by atoms with Gasteiger partial charge in [0.2, 0.25) is 0 Å². The van der Waals surface area contributed by atoms with Crippen molar-refractivity contribution in [2.75, 3.05) is 12.4 Å². The number of halogens is 3. The Morgan fingerprint density at radius 1 is 1.03 bits per heavy atom. The molecule has 0 bridgehead atoms. The van der Waals surface area contributed by atoms with Crippen molar-refractivity contribution in [3.8, 4) is 11.5 Å². The van der Waals surface area contributed by atoms with Crippen LogP contribution in [0.3, 0.4) is 0 Å². The zero-order chi connectivity index (χ0) is 25.5. The highest BCUT2D eigenvalue weighted by atomic mass is 79.9. The first-order valence-electron chi connectivity index (χ1n) is 10.3. The Hall–Kier alpha value is -3.07. The fourth-order valence-electron chi connectivity index (χ4n) is 2.99. The Labute approximate surface area is 221 Å². The van der Waals surface area contributed by atoms with Crippen LogP contribution in [0.25, 0.3) is 0 Å². The van der Waals surface area contributed by atoms with Gasteiger partial charge in [-0.15, -0.1) is 0 Å². The van der Waals surface area contributed by atoms with E-state index in [2.05, 4.69) is 31.8 Å². The maximum atomic E-state index is 12.1. The standard InChI is InChI=1S/C25H22BrCl2N3O4/c1-14-7-8-17(9-15(14)2)30-24(32)25(33)31-29-12-16-10-19(26)23(22(11-16)34-3)35-13-18-20(27)5-4-6-21(18)28/h4-12H,13H2,1-3H3,(H,30,32)(H,31,33)/b29-12+. The molecule has 3 aromatic rings. The maximum absolute atomic E-state index is 12.1. The van der Waals surface area contributed by atoms with Crippen LogP contribution >= 0.6 is 39.1 Å². The third-order valence-electron chi connectivity index (χ3n) is 5.03. The first-order valence-corrected chi connectivity index (χ1v) is 11.9. The summed E-state index contributed by atoms with van der Waals surface area (Å²) in [6.45, 7) is 4.01. The lowest BCUT2D eigenvalue weighted by atomic mass is 10.1. The Kier molecular flexibility index (Phi) is 9.14. The van der Waals surface area contributed by atoms with Crippen LogP contribution in [0.5, 0.6) is 11.5 Å². The van der Waals surface area contributed by atoms with Gasteiger partial charge in [-0.1, -0.05) is 35.3 Å². The zero-order valence-electron chi connectivity index (χ0n) is 19.1. The number of amides is 2. The van der Waals surface area contributed by atoms with Crippen molar-refractivity contribution >= 4 is 62.8 Å². The van der Waals surface area contributed by atoms with Gasteiger partial charge in [0.1, 0.15) is 6.61 Å². The molecule has 182 valence electrons. The number of nitrogens with zero attached hydrogens (tertiary/aromatic N) is 1. The molecule has 3 rings (SSSR count). The van der Waals surface area contributed by atoms with Crippen LogP contribution in [0.4, 0.5) is 5.69 Å². The number of rotatable bonds is 7. The van der Waals surface area contributed by atoms with Crippen molar-refractivity contribution in [1.82, 2.24) is 5.43 Å². The number of anilines is 1. The average Bonchev–Trinajstić information content (AvgIpc) is 2.81. The number of hydrogen-bond acceptors (Lipinski definition) is 5. The summed E-state index contributed by atoms with van der Waals surface area (Å²) in [5, 5.41) is 7.39. The molecule has 2 N–H and O–H groups in total. The summed E-state index contributed by atoms with van der Waals surface area (Å²) in [5.41, 5.74) is 6.07. The predicted octanol–water partition coefficient (Wildman–Crippen LogP) is 6.05. The molecule has 35 heavy (non-hydrogen) atoms. The number of methoxy groups -OCH3 is 1. The Bertz CT molecular complexity index is 1280. The summed E-state index contributed by atoms with van der Waals surface area (Å²) >= 11 is 15.9. The smallest absolute Gasteiger partial charge is 0.329 e. The van der Waals surface area contributed by atoms with Crippen LogP contribution in [0, 0.1) is 13.8 Å². The highest BCUT2D eigenvalue weighted by Gasteiger charge is 2.15. The number of hydrogen-bond donors (Lipinski definition) is 2. The van der Waals surface area contributed by atoms with Crippen LogP contribution in [0.2, 0.25) is 10.0 Å². The van der Waals surface area contributed by atoms with Crippen LogP contribution in [-0.4, -0.2) is 25.1 Å². The second-order valence-corrected chi connectivity index (χ2v) is 9.14. The molecule has 0 saturated heterocycles. The minimum Gasteiger partial charge on any atom is -0.493 e. The molecular formula is C25H22BrCl2N3O4. The quantitative estimate of drug-likeness (QED) is 0.203. The molecule has 3 aromatic carbocycles. The highest BCUT2D eigenvalue weighted by Crippen LogP contribution is 2.37. The van der Waals surface area contributed by atoms with E-state index in [1.807, 2.05) is 19.9 Å². The summed E-state index contributed by atoms with van der Waals surface area (Å²) in [6.07, 6.45) is 1.38. The summed E-state index contributed by atoms with van der Waals surface area (Å²) in [5.74, 6) is -0.867. The molecule has 10 heteroatoms. The predicted molar refractivity (Wildman–Crippen MR) is 142 cm³/mol. The summed E-state index contributed by atoms with van der Waals surface area (Å²) < 4.78 is 11.9. The van der Waals surface area contributed by atoms with Crippen molar-refractivity contribution < 1.29 is 19.1 Å². The Balaban J connectivity index is 1.65. The summed E-state index contributed by atoms with van der Waals surface area (Å²) in [6, 6.07) is 14.0. The van der Waals surface area contributed by atoms with Gasteiger partial charge in [0.15, 0.2) is 11.5 Å². The second kappa shape index (κ2) is 12.1. The van der Waals surface area contributed by atoms with E-state index in [1.54, 1.807) is 42.5 Å². The van der Waals surface area contributed by atoms with Gasteiger partial charge in [0.25, 0.3) is 0 Å². The van der Waals surface area contributed by atoms with E-state index < -0.39 is 11.8 Å². The van der Waals surface area contributed by atoms with Crippen molar-refractivity contribution in [3.05, 3.63) is 85.3 Å². The number of carbonyl (C=O) groups is 2. The molecule has 0 radical (unpaired) electrons.